The lowest BCUT2D eigenvalue weighted by molar-refractivity contribution is 0.0649. The van der Waals surface area contributed by atoms with E-state index < -0.39 is 0 Å². The SMILES string of the molecule is O=C1c2ccccc2C(=O)N1CCCCOc1cnc2c(n1)CCCC2. The molecule has 2 aliphatic rings. The van der Waals surface area contributed by atoms with Crippen LogP contribution in [0, 0.1) is 0 Å². The van der Waals surface area contributed by atoms with Gasteiger partial charge >= 0.3 is 0 Å². The molecular weight excluding hydrogens is 330 g/mol. The molecule has 0 N–H and O–H groups in total. The standard InChI is InChI=1S/C20H21N3O3/c24-19-14-7-1-2-8-15(14)20(25)23(19)11-5-6-12-26-18-13-21-16-9-3-4-10-17(16)22-18/h1-2,7-8,13H,3-6,9-12H2. The highest BCUT2D eigenvalue weighted by Crippen LogP contribution is 2.23. The van der Waals surface area contributed by atoms with Gasteiger partial charge in [-0.2, -0.15) is 0 Å². The van der Waals surface area contributed by atoms with Gasteiger partial charge in [0.1, 0.15) is 0 Å². The molecule has 0 saturated heterocycles. The van der Waals surface area contributed by atoms with Gasteiger partial charge in [-0.15, -0.1) is 0 Å². The highest BCUT2D eigenvalue weighted by molar-refractivity contribution is 6.21. The van der Waals surface area contributed by atoms with E-state index in [9.17, 15) is 9.59 Å². The maximum absolute atomic E-state index is 12.3. The number of amides is 2. The second-order valence-corrected chi connectivity index (χ2v) is 6.67. The number of aromatic nitrogens is 2. The van der Waals surface area contributed by atoms with Crippen LogP contribution in [0.5, 0.6) is 5.88 Å². The molecule has 2 amide bonds. The number of nitrogens with zero attached hydrogens (tertiary/aromatic N) is 3. The van der Waals surface area contributed by atoms with Crippen LogP contribution in [0.3, 0.4) is 0 Å². The van der Waals surface area contributed by atoms with Crippen LogP contribution in [-0.2, 0) is 12.8 Å². The zero-order chi connectivity index (χ0) is 17.9. The molecule has 2 aromatic rings. The van der Waals surface area contributed by atoms with E-state index in [0.29, 0.717) is 36.6 Å². The maximum Gasteiger partial charge on any atom is 0.261 e. The first-order valence-electron chi connectivity index (χ1n) is 9.17. The van der Waals surface area contributed by atoms with Crippen molar-refractivity contribution in [3.8, 4) is 5.88 Å². The first kappa shape index (κ1) is 16.7. The van der Waals surface area contributed by atoms with E-state index in [4.69, 9.17) is 4.74 Å². The van der Waals surface area contributed by atoms with Crippen molar-refractivity contribution in [2.24, 2.45) is 0 Å². The molecule has 2 heterocycles. The van der Waals surface area contributed by atoms with Crippen LogP contribution in [0.1, 0.15) is 57.8 Å². The van der Waals surface area contributed by atoms with Crippen LogP contribution in [-0.4, -0.2) is 39.8 Å². The van der Waals surface area contributed by atoms with Crippen molar-refractivity contribution < 1.29 is 14.3 Å². The normalized spacial score (nSPS) is 15.8. The molecule has 134 valence electrons. The number of aryl methyl sites for hydroxylation is 2. The molecule has 1 aromatic carbocycles. The summed E-state index contributed by atoms with van der Waals surface area (Å²) in [6, 6.07) is 6.96. The topological polar surface area (TPSA) is 72.4 Å². The van der Waals surface area contributed by atoms with Crippen molar-refractivity contribution in [1.29, 1.82) is 0 Å². The second-order valence-electron chi connectivity index (χ2n) is 6.67. The largest absolute Gasteiger partial charge is 0.477 e. The molecule has 0 bridgehead atoms. The molecule has 0 unspecified atom stereocenters. The number of ether oxygens (including phenoxy) is 1. The van der Waals surface area contributed by atoms with Crippen LogP contribution in [0.25, 0.3) is 0 Å². The van der Waals surface area contributed by atoms with E-state index in [-0.39, 0.29) is 11.8 Å². The summed E-state index contributed by atoms with van der Waals surface area (Å²) < 4.78 is 5.69. The molecule has 4 rings (SSSR count). The molecular formula is C20H21N3O3. The third-order valence-electron chi connectivity index (χ3n) is 4.89. The van der Waals surface area contributed by atoms with Gasteiger partial charge in [-0.1, -0.05) is 12.1 Å². The zero-order valence-electron chi connectivity index (χ0n) is 14.6. The lowest BCUT2D eigenvalue weighted by Gasteiger charge is -2.15. The first-order valence-corrected chi connectivity index (χ1v) is 9.17. The highest BCUT2D eigenvalue weighted by atomic mass is 16.5. The van der Waals surface area contributed by atoms with Gasteiger partial charge in [0, 0.05) is 6.54 Å². The summed E-state index contributed by atoms with van der Waals surface area (Å²) in [5.41, 5.74) is 3.14. The van der Waals surface area contributed by atoms with E-state index >= 15 is 0 Å². The van der Waals surface area contributed by atoms with Crippen LogP contribution < -0.4 is 4.74 Å². The van der Waals surface area contributed by atoms with Crippen molar-refractivity contribution in [3.05, 3.63) is 53.0 Å². The van der Waals surface area contributed by atoms with Crippen molar-refractivity contribution in [2.45, 2.75) is 38.5 Å². The van der Waals surface area contributed by atoms with E-state index in [0.717, 1.165) is 37.1 Å². The predicted molar refractivity (Wildman–Crippen MR) is 95.2 cm³/mol. The van der Waals surface area contributed by atoms with Crippen LogP contribution in [0.15, 0.2) is 30.5 Å². The molecule has 1 aliphatic heterocycles. The minimum atomic E-state index is -0.202. The van der Waals surface area contributed by atoms with Crippen LogP contribution in [0.4, 0.5) is 0 Å². The molecule has 0 spiro atoms. The Morgan fingerprint density at radius 2 is 1.65 bits per heavy atom. The van der Waals surface area contributed by atoms with Gasteiger partial charge in [-0.3, -0.25) is 19.5 Å². The van der Waals surface area contributed by atoms with Gasteiger partial charge in [-0.25, -0.2) is 4.98 Å². The Balaban J connectivity index is 1.25. The Hall–Kier alpha value is -2.76. The van der Waals surface area contributed by atoms with E-state index in [1.807, 2.05) is 0 Å². The van der Waals surface area contributed by atoms with Crippen molar-refractivity contribution in [1.82, 2.24) is 14.9 Å². The molecule has 0 radical (unpaired) electrons. The fourth-order valence-corrected chi connectivity index (χ4v) is 3.49. The second kappa shape index (κ2) is 7.23. The highest BCUT2D eigenvalue weighted by Gasteiger charge is 2.34. The summed E-state index contributed by atoms with van der Waals surface area (Å²) >= 11 is 0. The number of rotatable bonds is 6. The van der Waals surface area contributed by atoms with Gasteiger partial charge in [0.25, 0.3) is 11.8 Å². The summed E-state index contributed by atoms with van der Waals surface area (Å²) in [7, 11) is 0. The van der Waals surface area contributed by atoms with Gasteiger partial charge < -0.3 is 4.74 Å². The maximum atomic E-state index is 12.3. The van der Waals surface area contributed by atoms with Gasteiger partial charge in [0.15, 0.2) is 0 Å². The molecule has 6 nitrogen and oxygen atoms in total. The van der Waals surface area contributed by atoms with Gasteiger partial charge in [0.05, 0.1) is 35.3 Å². The molecule has 26 heavy (non-hydrogen) atoms. The number of carbonyl (C=O) groups excluding carboxylic acids is 2. The molecule has 0 fully saturated rings. The van der Waals surface area contributed by atoms with E-state index in [1.54, 1.807) is 30.5 Å². The number of fused-ring (bicyclic) bond motifs is 2. The number of carbonyl (C=O) groups is 2. The summed E-state index contributed by atoms with van der Waals surface area (Å²) in [5, 5.41) is 0. The smallest absolute Gasteiger partial charge is 0.261 e. The Kier molecular flexibility index (Phi) is 4.65. The predicted octanol–water partition coefficient (Wildman–Crippen LogP) is 2.81. The number of hydrogen-bond acceptors (Lipinski definition) is 5. The minimum Gasteiger partial charge on any atom is -0.477 e. The molecule has 0 atom stereocenters. The van der Waals surface area contributed by atoms with Crippen LogP contribution in [0.2, 0.25) is 0 Å². The molecule has 0 saturated carbocycles. The number of imide groups is 1. The van der Waals surface area contributed by atoms with Crippen LogP contribution >= 0.6 is 0 Å². The number of benzene rings is 1. The lowest BCUT2D eigenvalue weighted by Crippen LogP contribution is -2.30. The van der Waals surface area contributed by atoms with Gasteiger partial charge in [0.2, 0.25) is 5.88 Å². The quantitative estimate of drug-likeness (QED) is 0.591. The minimum absolute atomic E-state index is 0.202. The molecule has 1 aliphatic carbocycles. The van der Waals surface area contributed by atoms with Crippen molar-refractivity contribution in [2.75, 3.05) is 13.2 Å². The monoisotopic (exact) mass is 351 g/mol. The average molecular weight is 351 g/mol. The lowest BCUT2D eigenvalue weighted by atomic mass is 10.0. The number of hydrogen-bond donors (Lipinski definition) is 0. The fourth-order valence-electron chi connectivity index (χ4n) is 3.49. The first-order chi connectivity index (χ1) is 12.7. The third kappa shape index (κ3) is 3.19. The van der Waals surface area contributed by atoms with Crippen molar-refractivity contribution >= 4 is 11.8 Å². The zero-order valence-corrected chi connectivity index (χ0v) is 14.6. The fraction of sp³-hybridized carbons (Fsp3) is 0.400. The number of unbranched alkanes of at least 4 members (excludes halogenated alkanes) is 1. The third-order valence-corrected chi connectivity index (χ3v) is 4.89. The summed E-state index contributed by atoms with van der Waals surface area (Å²) in [6.07, 6.45) is 7.44. The Morgan fingerprint density at radius 1 is 0.962 bits per heavy atom. The summed E-state index contributed by atoms with van der Waals surface area (Å²) in [5.74, 6) is 0.158. The van der Waals surface area contributed by atoms with Crippen molar-refractivity contribution in [3.63, 3.8) is 0 Å². The summed E-state index contributed by atoms with van der Waals surface area (Å²) in [6.45, 7) is 0.905. The van der Waals surface area contributed by atoms with Gasteiger partial charge in [-0.05, 0) is 50.7 Å². The van der Waals surface area contributed by atoms with E-state index in [2.05, 4.69) is 9.97 Å². The Labute approximate surface area is 152 Å². The summed E-state index contributed by atoms with van der Waals surface area (Å²) in [4.78, 5) is 34.9. The molecule has 6 heteroatoms. The van der Waals surface area contributed by atoms with E-state index in [1.165, 1.54) is 11.3 Å². The Bertz CT molecular complexity index is 815. The Morgan fingerprint density at radius 3 is 2.38 bits per heavy atom. The average Bonchev–Trinajstić information content (AvgIpc) is 2.92. The molecule has 1 aromatic heterocycles.